The van der Waals surface area contributed by atoms with Crippen molar-refractivity contribution >= 4 is 23.2 Å². The van der Waals surface area contributed by atoms with Crippen molar-refractivity contribution in [3.63, 3.8) is 0 Å². The fourth-order valence-corrected chi connectivity index (χ4v) is 3.30. The van der Waals surface area contributed by atoms with Gasteiger partial charge in [0.25, 0.3) is 5.91 Å². The molecule has 5 nitrogen and oxygen atoms in total. The van der Waals surface area contributed by atoms with Crippen molar-refractivity contribution in [2.75, 3.05) is 29.9 Å². The molecule has 2 aliphatic rings. The Labute approximate surface area is 137 Å². The molecule has 0 aliphatic carbocycles. The number of likely N-dealkylation sites (tertiary alicyclic amines) is 1. The number of anilines is 2. The van der Waals surface area contributed by atoms with Gasteiger partial charge in [-0.05, 0) is 44.7 Å². The summed E-state index contributed by atoms with van der Waals surface area (Å²) in [6.07, 6.45) is 2.09. The summed E-state index contributed by atoms with van der Waals surface area (Å²) in [5.41, 5.74) is 0.984. The molecule has 0 atom stereocenters. The number of amides is 2. The molecule has 124 valence electrons. The van der Waals surface area contributed by atoms with Crippen LogP contribution in [0.5, 0.6) is 0 Å². The molecule has 0 radical (unpaired) electrons. The van der Waals surface area contributed by atoms with E-state index in [0.717, 1.165) is 37.3 Å². The maximum atomic E-state index is 12.8. The molecule has 2 heterocycles. The van der Waals surface area contributed by atoms with Crippen LogP contribution in [0.1, 0.15) is 33.6 Å². The van der Waals surface area contributed by atoms with E-state index in [4.69, 9.17) is 0 Å². The van der Waals surface area contributed by atoms with Gasteiger partial charge in [0.2, 0.25) is 5.91 Å². The third-order valence-electron chi connectivity index (χ3n) is 4.85. The average Bonchev–Trinajstić information content (AvgIpc) is 2.52. The Bertz CT molecular complexity index is 618. The van der Waals surface area contributed by atoms with Gasteiger partial charge in [0.1, 0.15) is 12.1 Å². The average molecular weight is 315 g/mol. The minimum Gasteiger partial charge on any atom is -0.370 e. The molecule has 0 aromatic heterocycles. The van der Waals surface area contributed by atoms with E-state index in [1.807, 2.05) is 43.0 Å². The van der Waals surface area contributed by atoms with Gasteiger partial charge in [-0.1, -0.05) is 19.1 Å². The second-order valence-electron chi connectivity index (χ2n) is 7.22. The van der Waals surface area contributed by atoms with E-state index in [1.54, 1.807) is 4.90 Å². The summed E-state index contributed by atoms with van der Waals surface area (Å²) in [5.74, 6) is 0.659. The highest BCUT2D eigenvalue weighted by atomic mass is 16.2. The van der Waals surface area contributed by atoms with Crippen LogP contribution >= 0.6 is 0 Å². The Kier molecular flexibility index (Phi) is 4.04. The smallest absolute Gasteiger partial charge is 0.252 e. The summed E-state index contributed by atoms with van der Waals surface area (Å²) < 4.78 is 0. The molecule has 2 amide bonds. The van der Waals surface area contributed by atoms with E-state index < -0.39 is 5.54 Å². The molecule has 1 N–H and O–H groups in total. The quantitative estimate of drug-likeness (QED) is 0.912. The van der Waals surface area contributed by atoms with E-state index in [1.165, 1.54) is 0 Å². The molecule has 0 unspecified atom stereocenters. The third-order valence-corrected chi connectivity index (χ3v) is 4.85. The van der Waals surface area contributed by atoms with Crippen molar-refractivity contribution in [3.8, 4) is 0 Å². The molecule has 1 aromatic carbocycles. The molecule has 0 bridgehead atoms. The van der Waals surface area contributed by atoms with Crippen molar-refractivity contribution in [1.82, 2.24) is 4.90 Å². The van der Waals surface area contributed by atoms with Gasteiger partial charge in [0, 0.05) is 13.1 Å². The SMILES string of the molecule is CC1CCN(C(=O)CN2C(=O)C(C)(C)Nc3ccccc32)CC1. The first kappa shape index (κ1) is 15.8. The van der Waals surface area contributed by atoms with E-state index in [9.17, 15) is 9.59 Å². The number of carbonyl (C=O) groups excluding carboxylic acids is 2. The van der Waals surface area contributed by atoms with Gasteiger partial charge in [-0.25, -0.2) is 0 Å². The second-order valence-corrected chi connectivity index (χ2v) is 7.22. The van der Waals surface area contributed by atoms with Crippen LogP contribution in [0.3, 0.4) is 0 Å². The van der Waals surface area contributed by atoms with Crippen LogP contribution in [0.4, 0.5) is 11.4 Å². The molecule has 23 heavy (non-hydrogen) atoms. The first-order valence-corrected chi connectivity index (χ1v) is 8.35. The minimum atomic E-state index is -0.703. The molecule has 1 fully saturated rings. The molecule has 1 saturated heterocycles. The second kappa shape index (κ2) is 5.87. The Hall–Kier alpha value is -2.04. The summed E-state index contributed by atoms with van der Waals surface area (Å²) in [5, 5.41) is 3.26. The van der Waals surface area contributed by atoms with Gasteiger partial charge in [-0.3, -0.25) is 14.5 Å². The predicted octanol–water partition coefficient (Wildman–Crippen LogP) is 2.48. The topological polar surface area (TPSA) is 52.7 Å². The van der Waals surface area contributed by atoms with Crippen LogP contribution in [0.25, 0.3) is 0 Å². The highest BCUT2D eigenvalue weighted by Gasteiger charge is 2.39. The van der Waals surface area contributed by atoms with Gasteiger partial charge < -0.3 is 10.2 Å². The monoisotopic (exact) mass is 315 g/mol. The first-order chi connectivity index (χ1) is 10.9. The Balaban J connectivity index is 1.81. The van der Waals surface area contributed by atoms with Crippen molar-refractivity contribution in [2.24, 2.45) is 5.92 Å². The highest BCUT2D eigenvalue weighted by molar-refractivity contribution is 6.09. The Morgan fingerprint density at radius 2 is 1.91 bits per heavy atom. The number of carbonyl (C=O) groups is 2. The number of nitrogens with zero attached hydrogens (tertiary/aromatic N) is 2. The van der Waals surface area contributed by atoms with E-state index in [2.05, 4.69) is 12.2 Å². The van der Waals surface area contributed by atoms with Crippen LogP contribution in [0.2, 0.25) is 0 Å². The highest BCUT2D eigenvalue weighted by Crippen LogP contribution is 2.35. The number of hydrogen-bond acceptors (Lipinski definition) is 3. The Morgan fingerprint density at radius 1 is 1.26 bits per heavy atom. The fraction of sp³-hybridized carbons (Fsp3) is 0.556. The minimum absolute atomic E-state index is 0.0396. The lowest BCUT2D eigenvalue weighted by Gasteiger charge is -2.40. The van der Waals surface area contributed by atoms with E-state index in [0.29, 0.717) is 5.92 Å². The van der Waals surface area contributed by atoms with Gasteiger partial charge in [0.05, 0.1) is 11.4 Å². The number of fused-ring (bicyclic) bond motifs is 1. The fourth-order valence-electron chi connectivity index (χ4n) is 3.30. The molecule has 1 aromatic rings. The van der Waals surface area contributed by atoms with Crippen molar-refractivity contribution < 1.29 is 9.59 Å². The zero-order valence-electron chi connectivity index (χ0n) is 14.1. The maximum Gasteiger partial charge on any atom is 0.252 e. The van der Waals surface area contributed by atoms with Crippen molar-refractivity contribution in [1.29, 1.82) is 0 Å². The lowest BCUT2D eigenvalue weighted by Crippen LogP contribution is -2.56. The van der Waals surface area contributed by atoms with Crippen LogP contribution in [-0.2, 0) is 9.59 Å². The zero-order chi connectivity index (χ0) is 16.6. The predicted molar refractivity (Wildman–Crippen MR) is 91.5 cm³/mol. The molecular formula is C18H25N3O2. The van der Waals surface area contributed by atoms with Crippen molar-refractivity contribution in [3.05, 3.63) is 24.3 Å². The number of piperidine rings is 1. The summed E-state index contributed by atoms with van der Waals surface area (Å²) in [6.45, 7) is 7.64. The van der Waals surface area contributed by atoms with E-state index in [-0.39, 0.29) is 18.4 Å². The van der Waals surface area contributed by atoms with Crippen molar-refractivity contribution in [2.45, 2.75) is 39.2 Å². The van der Waals surface area contributed by atoms with Crippen LogP contribution in [0, 0.1) is 5.92 Å². The summed E-state index contributed by atoms with van der Waals surface area (Å²) >= 11 is 0. The molecular weight excluding hydrogens is 290 g/mol. The van der Waals surface area contributed by atoms with E-state index >= 15 is 0 Å². The summed E-state index contributed by atoms with van der Waals surface area (Å²) in [4.78, 5) is 28.9. The lowest BCUT2D eigenvalue weighted by molar-refractivity contribution is -0.133. The van der Waals surface area contributed by atoms with Gasteiger partial charge in [-0.2, -0.15) is 0 Å². The number of para-hydroxylation sites is 2. The molecule has 2 aliphatic heterocycles. The Morgan fingerprint density at radius 3 is 2.61 bits per heavy atom. The van der Waals surface area contributed by atoms with Gasteiger partial charge >= 0.3 is 0 Å². The molecule has 5 heteroatoms. The first-order valence-electron chi connectivity index (χ1n) is 8.35. The van der Waals surface area contributed by atoms with Gasteiger partial charge in [0.15, 0.2) is 0 Å². The molecule has 0 saturated carbocycles. The molecule has 0 spiro atoms. The van der Waals surface area contributed by atoms with Crippen LogP contribution in [-0.4, -0.2) is 41.9 Å². The van der Waals surface area contributed by atoms with Crippen LogP contribution in [0.15, 0.2) is 24.3 Å². The summed E-state index contributed by atoms with van der Waals surface area (Å²) in [7, 11) is 0. The standard InChI is InChI=1S/C18H25N3O2/c1-13-8-10-20(11-9-13)16(22)12-21-15-7-5-4-6-14(15)19-18(2,3)17(21)23/h4-7,13,19H,8-12H2,1-3H3. The molecule has 3 rings (SSSR count). The van der Waals surface area contributed by atoms with Gasteiger partial charge in [-0.15, -0.1) is 0 Å². The number of rotatable bonds is 2. The normalized spacial score (nSPS) is 20.9. The van der Waals surface area contributed by atoms with Crippen LogP contribution < -0.4 is 10.2 Å². The summed E-state index contributed by atoms with van der Waals surface area (Å²) in [6, 6.07) is 7.67. The lowest BCUT2D eigenvalue weighted by atomic mass is 9.97. The largest absolute Gasteiger partial charge is 0.370 e. The number of nitrogens with one attached hydrogen (secondary N) is 1. The number of hydrogen-bond donors (Lipinski definition) is 1. The number of benzene rings is 1. The zero-order valence-corrected chi connectivity index (χ0v) is 14.1. The third kappa shape index (κ3) is 3.05. The maximum absolute atomic E-state index is 12.8.